The van der Waals surface area contributed by atoms with Crippen LogP contribution in [0, 0.1) is 5.92 Å². The lowest BCUT2D eigenvalue weighted by atomic mass is 10.1. The number of rotatable bonds is 7. The summed E-state index contributed by atoms with van der Waals surface area (Å²) in [5.41, 5.74) is -0.0111. The second kappa shape index (κ2) is 7.35. The number of aromatic carboxylic acids is 1. The molecular weight excluding hydrogens is 248 g/mol. The number of carbonyl (C=O) groups excluding carboxylic acids is 1. The molecule has 0 spiro atoms. The fraction of sp³-hybridized carbons (Fsp3) is 0.462. The third-order valence-electron chi connectivity index (χ3n) is 2.42. The van der Waals surface area contributed by atoms with Crippen LogP contribution in [0.4, 0.5) is 5.82 Å². The van der Waals surface area contributed by atoms with E-state index in [2.05, 4.69) is 10.3 Å². The second-order valence-corrected chi connectivity index (χ2v) is 4.21. The zero-order valence-corrected chi connectivity index (χ0v) is 11.0. The number of aromatic nitrogens is 1. The molecule has 2 N–H and O–H groups in total. The highest BCUT2D eigenvalue weighted by molar-refractivity contribution is 5.85. The van der Waals surface area contributed by atoms with Gasteiger partial charge in [0, 0.05) is 13.0 Å². The number of nitrogens with one attached hydrogen (secondary N) is 1. The fourth-order valence-electron chi connectivity index (χ4n) is 1.51. The summed E-state index contributed by atoms with van der Waals surface area (Å²) < 4.78 is 4.86. The molecule has 104 valence electrons. The molecule has 0 radical (unpaired) electrons. The number of hydrogen-bond donors (Lipinski definition) is 2. The van der Waals surface area contributed by atoms with Crippen LogP contribution in [-0.2, 0) is 9.53 Å². The van der Waals surface area contributed by atoms with Crippen molar-refractivity contribution in [3.63, 3.8) is 0 Å². The van der Waals surface area contributed by atoms with Gasteiger partial charge in [-0.25, -0.2) is 9.78 Å². The third-order valence-corrected chi connectivity index (χ3v) is 2.42. The van der Waals surface area contributed by atoms with Crippen molar-refractivity contribution < 1.29 is 19.4 Å². The predicted octanol–water partition coefficient (Wildman–Crippen LogP) is 1.78. The van der Waals surface area contributed by atoms with Crippen molar-refractivity contribution in [1.82, 2.24) is 4.98 Å². The van der Waals surface area contributed by atoms with Crippen LogP contribution in [0.5, 0.6) is 0 Å². The number of ether oxygens (including phenoxy) is 1. The minimum atomic E-state index is -1.07. The molecule has 6 heteroatoms. The average Bonchev–Trinajstić information content (AvgIpc) is 2.37. The minimum Gasteiger partial charge on any atom is -0.477 e. The summed E-state index contributed by atoms with van der Waals surface area (Å²) in [5.74, 6) is -0.739. The zero-order valence-electron chi connectivity index (χ0n) is 11.0. The summed E-state index contributed by atoms with van der Waals surface area (Å²) in [4.78, 5) is 26.0. The highest BCUT2D eigenvalue weighted by Crippen LogP contribution is 2.08. The van der Waals surface area contributed by atoms with Gasteiger partial charge in [0.15, 0.2) is 5.69 Å². The molecule has 6 nitrogen and oxygen atoms in total. The molecule has 0 aliphatic carbocycles. The molecule has 0 saturated carbocycles. The predicted molar refractivity (Wildman–Crippen MR) is 70.1 cm³/mol. The van der Waals surface area contributed by atoms with E-state index in [1.165, 1.54) is 6.07 Å². The Morgan fingerprint density at radius 2 is 2.21 bits per heavy atom. The number of carbonyl (C=O) groups is 2. The van der Waals surface area contributed by atoms with Gasteiger partial charge in [0.1, 0.15) is 5.82 Å². The van der Waals surface area contributed by atoms with Crippen LogP contribution >= 0.6 is 0 Å². The highest BCUT2D eigenvalue weighted by Gasteiger charge is 2.10. The molecule has 1 heterocycles. The molecule has 0 aliphatic rings. The van der Waals surface area contributed by atoms with Gasteiger partial charge in [-0.15, -0.1) is 0 Å². The molecule has 1 atom stereocenters. The molecule has 0 aliphatic heterocycles. The average molecular weight is 266 g/mol. The summed E-state index contributed by atoms with van der Waals surface area (Å²) in [5, 5.41) is 11.8. The Labute approximate surface area is 111 Å². The van der Waals surface area contributed by atoms with Crippen molar-refractivity contribution in [1.29, 1.82) is 0 Å². The molecule has 0 saturated heterocycles. The number of carboxylic acid groups (broad SMARTS) is 1. The molecular formula is C13H18N2O4. The largest absolute Gasteiger partial charge is 0.477 e. The Balaban J connectivity index is 2.45. The fourth-order valence-corrected chi connectivity index (χ4v) is 1.51. The van der Waals surface area contributed by atoms with Gasteiger partial charge in [-0.05, 0) is 25.0 Å². The normalized spacial score (nSPS) is 11.7. The van der Waals surface area contributed by atoms with E-state index in [9.17, 15) is 9.59 Å². The van der Waals surface area contributed by atoms with E-state index in [1.54, 1.807) is 19.1 Å². The lowest BCUT2D eigenvalue weighted by Gasteiger charge is -2.12. The number of carboxylic acids is 1. The van der Waals surface area contributed by atoms with Gasteiger partial charge in [0.05, 0.1) is 6.61 Å². The molecule has 1 unspecified atom stereocenters. The Kier molecular flexibility index (Phi) is 5.78. The number of nitrogens with zero attached hydrogens (tertiary/aromatic N) is 1. The summed E-state index contributed by atoms with van der Waals surface area (Å²) in [7, 11) is 0. The van der Waals surface area contributed by atoms with E-state index in [0.29, 0.717) is 25.4 Å². The zero-order chi connectivity index (χ0) is 14.3. The van der Waals surface area contributed by atoms with E-state index in [0.717, 1.165) is 0 Å². The van der Waals surface area contributed by atoms with Gasteiger partial charge < -0.3 is 15.2 Å². The Morgan fingerprint density at radius 3 is 2.84 bits per heavy atom. The molecule has 0 bridgehead atoms. The lowest BCUT2D eigenvalue weighted by Crippen LogP contribution is -2.17. The lowest BCUT2D eigenvalue weighted by molar-refractivity contribution is -0.143. The third kappa shape index (κ3) is 5.37. The van der Waals surface area contributed by atoms with Crippen LogP contribution in [0.1, 0.15) is 30.8 Å². The quantitative estimate of drug-likeness (QED) is 0.731. The van der Waals surface area contributed by atoms with Crippen LogP contribution in [0.2, 0.25) is 0 Å². The first kappa shape index (κ1) is 14.9. The van der Waals surface area contributed by atoms with Gasteiger partial charge in [-0.2, -0.15) is 0 Å². The first-order valence-corrected chi connectivity index (χ1v) is 6.12. The molecule has 1 aromatic heterocycles. The minimum absolute atomic E-state index is 0.0111. The van der Waals surface area contributed by atoms with E-state index < -0.39 is 5.97 Å². The molecule has 1 aromatic rings. The van der Waals surface area contributed by atoms with Crippen LogP contribution in [-0.4, -0.2) is 35.2 Å². The van der Waals surface area contributed by atoms with Crippen LogP contribution < -0.4 is 5.32 Å². The van der Waals surface area contributed by atoms with Crippen molar-refractivity contribution in [2.75, 3.05) is 18.5 Å². The number of hydrogen-bond acceptors (Lipinski definition) is 5. The van der Waals surface area contributed by atoms with Gasteiger partial charge in [0.2, 0.25) is 0 Å². The van der Waals surface area contributed by atoms with Gasteiger partial charge in [-0.1, -0.05) is 13.0 Å². The topological polar surface area (TPSA) is 88.5 Å². The second-order valence-electron chi connectivity index (χ2n) is 4.21. The van der Waals surface area contributed by atoms with E-state index >= 15 is 0 Å². The molecule has 0 aromatic carbocycles. The number of anilines is 1. The van der Waals surface area contributed by atoms with Gasteiger partial charge in [0.25, 0.3) is 0 Å². The van der Waals surface area contributed by atoms with Crippen molar-refractivity contribution in [2.24, 2.45) is 5.92 Å². The summed E-state index contributed by atoms with van der Waals surface area (Å²) in [6.45, 7) is 4.57. The summed E-state index contributed by atoms with van der Waals surface area (Å²) >= 11 is 0. The first-order chi connectivity index (χ1) is 9.02. The summed E-state index contributed by atoms with van der Waals surface area (Å²) in [6.07, 6.45) is 0.319. The maximum absolute atomic E-state index is 11.3. The number of pyridine rings is 1. The molecule has 19 heavy (non-hydrogen) atoms. The van der Waals surface area contributed by atoms with Gasteiger partial charge in [-0.3, -0.25) is 4.79 Å². The smallest absolute Gasteiger partial charge is 0.354 e. The van der Waals surface area contributed by atoms with Crippen molar-refractivity contribution in [3.8, 4) is 0 Å². The van der Waals surface area contributed by atoms with E-state index in [1.807, 2.05) is 6.92 Å². The first-order valence-electron chi connectivity index (χ1n) is 6.12. The van der Waals surface area contributed by atoms with Crippen LogP contribution in [0.25, 0.3) is 0 Å². The maximum Gasteiger partial charge on any atom is 0.354 e. The van der Waals surface area contributed by atoms with E-state index in [4.69, 9.17) is 9.84 Å². The Bertz CT molecular complexity index is 448. The van der Waals surface area contributed by atoms with Crippen LogP contribution in [0.3, 0.4) is 0 Å². The maximum atomic E-state index is 11.3. The van der Waals surface area contributed by atoms with Crippen molar-refractivity contribution >= 4 is 17.8 Å². The SMILES string of the molecule is CCOC(=O)CC(C)CNc1cccc(C(=O)O)n1. The Hall–Kier alpha value is -2.11. The van der Waals surface area contributed by atoms with E-state index in [-0.39, 0.29) is 17.6 Å². The Morgan fingerprint density at radius 1 is 1.47 bits per heavy atom. The molecule has 0 amide bonds. The summed E-state index contributed by atoms with van der Waals surface area (Å²) in [6, 6.07) is 4.73. The number of esters is 1. The molecule has 0 fully saturated rings. The highest BCUT2D eigenvalue weighted by atomic mass is 16.5. The van der Waals surface area contributed by atoms with Gasteiger partial charge >= 0.3 is 11.9 Å². The monoisotopic (exact) mass is 266 g/mol. The van der Waals surface area contributed by atoms with Crippen molar-refractivity contribution in [3.05, 3.63) is 23.9 Å². The van der Waals surface area contributed by atoms with Crippen molar-refractivity contribution in [2.45, 2.75) is 20.3 Å². The molecule has 1 rings (SSSR count). The van der Waals surface area contributed by atoms with Crippen LogP contribution in [0.15, 0.2) is 18.2 Å². The standard InChI is InChI=1S/C13H18N2O4/c1-3-19-12(16)7-9(2)8-14-11-6-4-5-10(15-11)13(17)18/h4-6,9H,3,7-8H2,1-2H3,(H,14,15)(H,17,18).